The summed E-state index contributed by atoms with van der Waals surface area (Å²) in [4.78, 5) is 41.7. The Morgan fingerprint density at radius 1 is 0.942 bits per heavy atom. The van der Waals surface area contributed by atoms with Crippen molar-refractivity contribution in [1.29, 1.82) is 0 Å². The Hall–Kier alpha value is -5.11. The minimum Gasteiger partial charge on any atom is -0.508 e. The summed E-state index contributed by atoms with van der Waals surface area (Å²) in [6.45, 7) is 2.75. The number of aliphatic hydroxyl groups excluding tert-OH is 2. The second-order valence-electron chi connectivity index (χ2n) is 13.3. The number of benzene rings is 4. The molecule has 2 heterocycles. The molecular formula is C40H43N3O9. The third-order valence-electron chi connectivity index (χ3n) is 9.43. The van der Waals surface area contributed by atoms with Crippen LogP contribution in [0, 0.1) is 5.92 Å². The number of phenols is 1. The zero-order valence-corrected chi connectivity index (χ0v) is 29.0. The Labute approximate surface area is 302 Å². The minimum absolute atomic E-state index is 0.0315. The maximum absolute atomic E-state index is 13.3. The molecule has 0 bridgehead atoms. The summed E-state index contributed by atoms with van der Waals surface area (Å²) < 4.78 is 18.3. The van der Waals surface area contributed by atoms with Gasteiger partial charge in [-0.25, -0.2) is 9.69 Å². The number of likely N-dealkylation sites (N-methyl/N-ethyl adjacent to an activating group) is 1. The van der Waals surface area contributed by atoms with E-state index in [1.807, 2.05) is 73.5 Å². The third kappa shape index (κ3) is 8.67. The van der Waals surface area contributed by atoms with Crippen molar-refractivity contribution in [3.8, 4) is 5.75 Å². The summed E-state index contributed by atoms with van der Waals surface area (Å²) in [5, 5.41) is 32.8. The first-order chi connectivity index (χ1) is 25.1. The van der Waals surface area contributed by atoms with Crippen LogP contribution in [-0.2, 0) is 37.0 Å². The maximum Gasteiger partial charge on any atom is 0.408 e. The van der Waals surface area contributed by atoms with Crippen LogP contribution >= 0.6 is 0 Å². The van der Waals surface area contributed by atoms with Gasteiger partial charge in [-0.1, -0.05) is 85.8 Å². The highest BCUT2D eigenvalue weighted by Gasteiger charge is 2.42. The second-order valence-corrected chi connectivity index (χ2v) is 13.3. The molecule has 52 heavy (non-hydrogen) atoms. The highest BCUT2D eigenvalue weighted by Crippen LogP contribution is 2.42. The number of aromatic hydroxyl groups is 1. The fourth-order valence-electron chi connectivity index (χ4n) is 6.55. The molecule has 0 saturated carbocycles. The van der Waals surface area contributed by atoms with Crippen LogP contribution in [0.3, 0.4) is 0 Å². The Bertz CT molecular complexity index is 1840. The predicted octanol–water partition coefficient (Wildman–Crippen LogP) is 4.90. The van der Waals surface area contributed by atoms with E-state index >= 15 is 0 Å². The van der Waals surface area contributed by atoms with Crippen LogP contribution in [0.15, 0.2) is 103 Å². The smallest absolute Gasteiger partial charge is 0.408 e. The quantitative estimate of drug-likeness (QED) is 0.149. The van der Waals surface area contributed by atoms with E-state index in [4.69, 9.17) is 14.2 Å². The number of aliphatic hydroxyl groups is 2. The highest BCUT2D eigenvalue weighted by atomic mass is 16.7. The Morgan fingerprint density at radius 2 is 1.65 bits per heavy atom. The number of hydrogen-bond acceptors (Lipinski definition) is 10. The molecule has 6 atom stereocenters. The minimum atomic E-state index is -1.05. The summed E-state index contributed by atoms with van der Waals surface area (Å²) in [5.74, 6) is -1.04. The number of alkyl carbamates (subject to hydrolysis) is 1. The summed E-state index contributed by atoms with van der Waals surface area (Å²) >= 11 is 0. The van der Waals surface area contributed by atoms with Crippen molar-refractivity contribution in [2.75, 3.05) is 25.0 Å². The summed E-state index contributed by atoms with van der Waals surface area (Å²) in [7, 11) is 1.89. The standard InChI is InChI=1S/C40H43N3O9/c1-25-35(22-42(2)21-34(46)30-9-6-10-32(45)19-30)51-39(52-37(25)28-13-11-26(23-44)12-14-28)29-15-17-31(18-16-29)43-36(47)20-33(38(43)48)41-40(49)50-24-27-7-4-3-5-8-27/h3-19,25,33-35,37,39,44-46H,20-24H2,1-2H3,(H,41,49)/t25-,33?,34+,35+,37+,39+/m0/s1. The molecule has 0 spiro atoms. The number of carbonyl (C=O) groups excluding carboxylic acids is 3. The van der Waals surface area contributed by atoms with E-state index in [1.54, 1.807) is 48.5 Å². The molecule has 3 amide bonds. The topological polar surface area (TPSA) is 158 Å². The number of rotatable bonds is 12. The monoisotopic (exact) mass is 709 g/mol. The molecule has 12 nitrogen and oxygen atoms in total. The molecule has 4 aromatic carbocycles. The molecule has 2 aliphatic heterocycles. The summed E-state index contributed by atoms with van der Waals surface area (Å²) in [5.41, 5.74) is 4.10. The van der Waals surface area contributed by atoms with Crippen LogP contribution in [0.4, 0.5) is 10.5 Å². The number of ether oxygens (including phenoxy) is 3. The van der Waals surface area contributed by atoms with Gasteiger partial charge in [0.15, 0.2) is 6.29 Å². The Morgan fingerprint density at radius 3 is 2.35 bits per heavy atom. The highest BCUT2D eigenvalue weighted by molar-refractivity contribution is 6.22. The number of nitrogens with zero attached hydrogens (tertiary/aromatic N) is 2. The van der Waals surface area contributed by atoms with Gasteiger partial charge in [-0.05, 0) is 53.6 Å². The second kappa shape index (κ2) is 16.5. The van der Waals surface area contributed by atoms with Crippen molar-refractivity contribution in [2.45, 2.75) is 57.2 Å². The number of carbonyl (C=O) groups is 3. The van der Waals surface area contributed by atoms with Gasteiger partial charge in [0.05, 0.1) is 37.0 Å². The van der Waals surface area contributed by atoms with Crippen molar-refractivity contribution in [3.05, 3.63) is 131 Å². The zero-order valence-electron chi connectivity index (χ0n) is 29.0. The van der Waals surface area contributed by atoms with Gasteiger partial charge in [0.1, 0.15) is 18.4 Å². The van der Waals surface area contributed by atoms with Crippen molar-refractivity contribution >= 4 is 23.6 Å². The molecule has 2 aliphatic rings. The third-order valence-corrected chi connectivity index (χ3v) is 9.43. The van der Waals surface area contributed by atoms with E-state index in [-0.39, 0.29) is 43.5 Å². The SMILES string of the molecule is C[C@H]1[C@@H](CN(C)C[C@@H](O)c2cccc(O)c2)O[C@@H](c2ccc(N3C(=O)CC(NC(=O)OCc4ccccc4)C3=O)cc2)O[C@H]1c1ccc(CO)cc1. The van der Waals surface area contributed by atoms with E-state index in [1.165, 1.54) is 0 Å². The van der Waals surface area contributed by atoms with Crippen LogP contribution in [0.2, 0.25) is 0 Å². The van der Waals surface area contributed by atoms with Crippen LogP contribution in [0.1, 0.15) is 59.7 Å². The van der Waals surface area contributed by atoms with Gasteiger partial charge < -0.3 is 39.7 Å². The lowest BCUT2D eigenvalue weighted by Gasteiger charge is -2.42. The Balaban J connectivity index is 1.14. The van der Waals surface area contributed by atoms with E-state index in [0.29, 0.717) is 29.9 Å². The van der Waals surface area contributed by atoms with Crippen LogP contribution in [0.25, 0.3) is 0 Å². The number of amides is 3. The number of anilines is 1. The lowest BCUT2D eigenvalue weighted by atomic mass is 9.90. The molecule has 2 saturated heterocycles. The first-order valence-corrected chi connectivity index (χ1v) is 17.2. The van der Waals surface area contributed by atoms with Crippen LogP contribution < -0.4 is 10.2 Å². The lowest BCUT2D eigenvalue weighted by molar-refractivity contribution is -0.276. The number of imide groups is 1. The number of nitrogens with one attached hydrogen (secondary N) is 1. The zero-order chi connectivity index (χ0) is 36.8. The molecular weight excluding hydrogens is 666 g/mol. The average molecular weight is 710 g/mol. The van der Waals surface area contributed by atoms with Crippen molar-refractivity contribution in [1.82, 2.24) is 10.2 Å². The predicted molar refractivity (Wildman–Crippen MR) is 191 cm³/mol. The number of phenolic OH excluding ortho intramolecular Hbond substituents is 1. The molecule has 2 fully saturated rings. The van der Waals surface area contributed by atoms with Crippen LogP contribution in [-0.4, -0.2) is 70.4 Å². The first kappa shape index (κ1) is 36.7. The molecule has 4 N–H and O–H groups in total. The number of hydrogen-bond donors (Lipinski definition) is 4. The van der Waals surface area contributed by atoms with E-state index in [9.17, 15) is 29.7 Å². The maximum atomic E-state index is 13.3. The van der Waals surface area contributed by atoms with Gasteiger partial charge in [-0.3, -0.25) is 9.59 Å². The molecule has 0 aromatic heterocycles. The molecule has 0 radical (unpaired) electrons. The molecule has 12 heteroatoms. The summed E-state index contributed by atoms with van der Waals surface area (Å²) in [6, 6.07) is 29.0. The van der Waals surface area contributed by atoms with Crippen molar-refractivity contribution < 1.29 is 43.9 Å². The molecule has 6 rings (SSSR count). The van der Waals surface area contributed by atoms with Crippen molar-refractivity contribution in [3.63, 3.8) is 0 Å². The molecule has 1 unspecified atom stereocenters. The fourth-order valence-corrected chi connectivity index (χ4v) is 6.55. The van der Waals surface area contributed by atoms with Gasteiger partial charge in [-0.2, -0.15) is 0 Å². The molecule has 4 aromatic rings. The van der Waals surface area contributed by atoms with Crippen LogP contribution in [0.5, 0.6) is 5.75 Å². The largest absolute Gasteiger partial charge is 0.508 e. The lowest BCUT2D eigenvalue weighted by Crippen LogP contribution is -2.44. The van der Waals surface area contributed by atoms with E-state index < -0.39 is 36.3 Å². The van der Waals surface area contributed by atoms with Gasteiger partial charge >= 0.3 is 6.09 Å². The van der Waals surface area contributed by atoms with Gasteiger partial charge in [-0.15, -0.1) is 0 Å². The summed E-state index contributed by atoms with van der Waals surface area (Å²) in [6.07, 6.45) is -3.33. The fraction of sp³-hybridized carbons (Fsp3) is 0.325. The van der Waals surface area contributed by atoms with E-state index in [2.05, 4.69) is 5.32 Å². The van der Waals surface area contributed by atoms with Crippen molar-refractivity contribution in [2.24, 2.45) is 5.92 Å². The van der Waals surface area contributed by atoms with Gasteiger partial charge in [0.2, 0.25) is 5.91 Å². The Kier molecular flexibility index (Phi) is 11.6. The average Bonchev–Trinajstić information content (AvgIpc) is 3.43. The van der Waals surface area contributed by atoms with Gasteiger partial charge in [0.25, 0.3) is 5.91 Å². The first-order valence-electron chi connectivity index (χ1n) is 17.2. The van der Waals surface area contributed by atoms with E-state index in [0.717, 1.165) is 21.6 Å². The normalized spacial score (nSPS) is 22.4. The molecule has 0 aliphatic carbocycles. The van der Waals surface area contributed by atoms with Gasteiger partial charge in [0, 0.05) is 24.6 Å². The molecule has 272 valence electrons.